The molecule has 26 aromatic rings. The fourth-order valence-electron chi connectivity index (χ4n) is 24.9. The van der Waals surface area contributed by atoms with Crippen LogP contribution in [0.3, 0.4) is 0 Å². The van der Waals surface area contributed by atoms with Gasteiger partial charge in [0.2, 0.25) is 0 Å². The molecule has 10 nitrogen and oxygen atoms in total. The molecule has 8 heterocycles. The Labute approximate surface area is 848 Å². The van der Waals surface area contributed by atoms with Gasteiger partial charge in [0.15, 0.2) is 24.2 Å². The number of benzene rings is 21. The number of hydrogen-bond acceptors (Lipinski definition) is 8. The fraction of sp³-hybridized carbons (Fsp3) is 0.0227. The third-order valence-electron chi connectivity index (χ3n) is 31.1. The molecule has 684 valence electrons. The van der Waals surface area contributed by atoms with Gasteiger partial charge in [0.05, 0.1) is 84.2 Å². The van der Waals surface area contributed by atoms with Gasteiger partial charge in [0.1, 0.15) is 45.7 Å². The lowest BCUT2D eigenvalue weighted by Crippen LogP contribution is -2.76. The number of nitriles is 3. The first kappa shape index (κ1) is 85.5. The molecule has 14 heteroatoms. The number of fused-ring (bicyclic) bond motifs is 27. The van der Waals surface area contributed by atoms with E-state index in [9.17, 15) is 15.8 Å². The average molecular weight is 1930 g/mol. The minimum absolute atomic E-state index is 0.152. The van der Waals surface area contributed by atoms with E-state index in [0.717, 1.165) is 150 Å². The SMILES string of the molecule is CC1(C)c2ccc(C#N)cc2-c2cc(-n3c4ccccc4c4c5c(ccc43)[Si](c3ccccc3)(c3ccccc3)c3ccccc3O5)ccc21.N#Cc1ccc2oc3ccc(-n4c5ccccc5c5c6c(ccc54)[Si](c4ccccc4)(c4ccccc4)c4ccccc4O6)cc3c2c1.N#Cc1ccc2sc3ccc(-n4c5ccccc5c5c6c(ccc54)[Si](c4ccccc4)(c4ccccc4)c4ccccc4O6)cc3c2c1. The Balaban J connectivity index is 0.000000106. The Kier molecular flexibility index (Phi) is 19.5. The van der Waals surface area contributed by atoms with Crippen LogP contribution in [0.2, 0.25) is 0 Å². The monoisotopic (exact) mass is 1930 g/mol. The van der Waals surface area contributed by atoms with Crippen LogP contribution in [-0.4, -0.2) is 37.9 Å². The van der Waals surface area contributed by atoms with Crippen LogP contribution >= 0.6 is 11.3 Å². The average Bonchev–Trinajstić information content (AvgIpc) is 1.41. The van der Waals surface area contributed by atoms with Crippen molar-refractivity contribution in [3.8, 4) is 80.9 Å². The lowest BCUT2D eigenvalue weighted by atomic mass is 9.82. The van der Waals surface area contributed by atoms with Crippen LogP contribution < -0.4 is 76.5 Å². The first-order valence-corrected chi connectivity index (χ1v) is 56.1. The second-order valence-electron chi connectivity index (χ2n) is 38.7. The Morgan fingerprint density at radius 1 is 0.240 bits per heavy atom. The van der Waals surface area contributed by atoms with Gasteiger partial charge in [-0.15, -0.1) is 11.3 Å². The summed E-state index contributed by atoms with van der Waals surface area (Å²) in [5, 5.41) is 55.6. The van der Waals surface area contributed by atoms with Crippen molar-refractivity contribution in [2.24, 2.45) is 0 Å². The number of thiophene rings is 1. The van der Waals surface area contributed by atoms with Crippen LogP contribution in [0, 0.1) is 34.0 Å². The van der Waals surface area contributed by atoms with Crippen molar-refractivity contribution in [2.45, 2.75) is 19.3 Å². The predicted octanol–water partition coefficient (Wildman–Crippen LogP) is 25.0. The molecule has 4 aliphatic rings. The van der Waals surface area contributed by atoms with Crippen LogP contribution in [0.1, 0.15) is 41.7 Å². The third kappa shape index (κ3) is 12.5. The van der Waals surface area contributed by atoms with Gasteiger partial charge in [0.25, 0.3) is 0 Å². The van der Waals surface area contributed by atoms with Crippen molar-refractivity contribution in [3.63, 3.8) is 0 Å². The zero-order chi connectivity index (χ0) is 97.3. The molecule has 0 radical (unpaired) electrons. The molecule has 3 aliphatic heterocycles. The maximum absolute atomic E-state index is 9.77. The summed E-state index contributed by atoms with van der Waals surface area (Å²) in [5.74, 6) is 5.58. The molecule has 0 amide bonds. The van der Waals surface area contributed by atoms with Gasteiger partial charge in [0, 0.05) is 69.6 Å². The summed E-state index contributed by atoms with van der Waals surface area (Å²) in [7, 11) is -8.36. The minimum Gasteiger partial charge on any atom is -0.457 e. The molecule has 21 aromatic carbocycles. The van der Waals surface area contributed by atoms with Gasteiger partial charge in [-0.25, -0.2) is 0 Å². The Morgan fingerprint density at radius 3 is 0.932 bits per heavy atom. The van der Waals surface area contributed by atoms with Gasteiger partial charge < -0.3 is 32.3 Å². The highest BCUT2D eigenvalue weighted by Crippen LogP contribution is 2.53. The predicted molar refractivity (Wildman–Crippen MR) is 605 cm³/mol. The van der Waals surface area contributed by atoms with Gasteiger partial charge in [-0.05, 0) is 236 Å². The van der Waals surface area contributed by atoms with E-state index in [-0.39, 0.29) is 5.41 Å². The number of furan rings is 1. The lowest BCUT2D eigenvalue weighted by molar-refractivity contribution is 0.492. The van der Waals surface area contributed by atoms with Crippen molar-refractivity contribution in [3.05, 3.63) is 501 Å². The summed E-state index contributed by atoms with van der Waals surface area (Å²) in [6, 6.07) is 177. The summed E-state index contributed by atoms with van der Waals surface area (Å²) < 4.78 is 36.9. The molecule has 0 atom stereocenters. The van der Waals surface area contributed by atoms with E-state index in [1.165, 1.54) is 93.7 Å². The van der Waals surface area contributed by atoms with Crippen LogP contribution in [0.15, 0.2) is 478 Å². The van der Waals surface area contributed by atoms with Crippen LogP contribution in [0.5, 0.6) is 34.5 Å². The highest BCUT2D eigenvalue weighted by Gasteiger charge is 2.53. The molecule has 0 saturated carbocycles. The topological polar surface area (TPSA) is 127 Å². The van der Waals surface area contributed by atoms with Crippen molar-refractivity contribution in [1.82, 2.24) is 13.7 Å². The zero-order valence-electron chi connectivity index (χ0n) is 79.3. The molecule has 0 saturated heterocycles. The van der Waals surface area contributed by atoms with E-state index in [1.807, 2.05) is 36.4 Å². The lowest BCUT2D eigenvalue weighted by Gasteiger charge is -2.39. The van der Waals surface area contributed by atoms with Gasteiger partial charge >= 0.3 is 0 Å². The fourth-order valence-corrected chi connectivity index (χ4v) is 40.8. The Bertz CT molecular complexity index is 9590. The number of ether oxygens (including phenoxy) is 3. The van der Waals surface area contributed by atoms with Crippen LogP contribution in [-0.2, 0) is 5.41 Å². The summed E-state index contributed by atoms with van der Waals surface area (Å²) in [6.07, 6.45) is 0. The number of para-hydroxylation sites is 6. The van der Waals surface area contributed by atoms with Crippen LogP contribution in [0.4, 0.5) is 0 Å². The number of aromatic nitrogens is 3. The zero-order valence-corrected chi connectivity index (χ0v) is 83.1. The highest BCUT2D eigenvalue weighted by atomic mass is 32.1. The molecule has 5 aromatic heterocycles. The third-order valence-corrected chi connectivity index (χ3v) is 46.7. The second-order valence-corrected chi connectivity index (χ2v) is 51.0. The smallest absolute Gasteiger partial charge is 0.188 e. The first-order chi connectivity index (χ1) is 72.0. The molecular formula is C132H84N6O4SSi3. The highest BCUT2D eigenvalue weighted by molar-refractivity contribution is 7.26. The molecule has 0 N–H and O–H groups in total. The molecule has 0 spiro atoms. The van der Waals surface area contributed by atoms with Gasteiger partial charge in [-0.2, -0.15) is 15.8 Å². The summed E-state index contributed by atoms with van der Waals surface area (Å²) in [4.78, 5) is 0. The molecule has 146 heavy (non-hydrogen) atoms. The maximum Gasteiger partial charge on any atom is 0.188 e. The standard InChI is InChI=1S/C46H32N2OSi.C43H26N2O2Si.C43H26N2OSSi/c1-46(2)37-23-21-30(29-47)27-35(37)36-28-31(22-24-38(36)46)48-39-18-10-9-17-34(39)44-40(48)25-26-43-45(44)49-41-19-11-12-20-42(41)50(43,32-13-5-3-6-14-32)33-15-7-4-8-16-33;44-27-28-19-22-37-33(25-28)34-26-29(20-23-38(34)46-37)45-35-16-8-7-15-32(35)42-36(45)21-24-41-43(42)47-39-17-9-10-18-40(39)48(41,30-11-3-1-4-12-30)31-13-5-2-6-14-31;44-27-28-19-22-38-33(25-28)34-26-29(20-23-39(34)47-38)45-35-16-8-7-15-32(35)42-36(45)21-24-41-43(42)46-37-17-9-10-18-40(37)48(41,30-11-3-1-4-12-30)31-13-5-2-6-14-31/h3-28H,1-2H3;2*1-26H. The number of nitrogens with zero attached hydrogens (tertiary/aromatic N) is 6. The molecular weight excluding hydrogens is 1850 g/mol. The van der Waals surface area contributed by atoms with E-state index in [2.05, 4.69) is 476 Å². The maximum atomic E-state index is 9.77. The molecule has 30 rings (SSSR count). The quantitative estimate of drug-likeness (QED) is 0.132. The Hall–Kier alpha value is -18.4. The Morgan fingerprint density at radius 2 is 0.527 bits per heavy atom. The second kappa shape index (κ2) is 33.4. The summed E-state index contributed by atoms with van der Waals surface area (Å²) >= 11 is 1.77. The molecule has 0 bridgehead atoms. The van der Waals surface area contributed by atoms with E-state index >= 15 is 0 Å². The van der Waals surface area contributed by atoms with Crippen molar-refractivity contribution in [1.29, 1.82) is 15.8 Å². The first-order valence-electron chi connectivity index (χ1n) is 49.3. The number of rotatable bonds is 9. The van der Waals surface area contributed by atoms with Gasteiger partial charge in [-0.1, -0.05) is 335 Å². The van der Waals surface area contributed by atoms with E-state index in [4.69, 9.17) is 18.6 Å². The largest absolute Gasteiger partial charge is 0.457 e. The summed E-state index contributed by atoms with van der Waals surface area (Å²) in [5.41, 5.74) is 18.1. The number of hydrogen-bond donors (Lipinski definition) is 0. The van der Waals surface area contributed by atoms with E-state index in [0.29, 0.717) is 16.7 Å². The molecule has 1 aliphatic carbocycles. The van der Waals surface area contributed by atoms with E-state index in [1.54, 1.807) is 17.4 Å². The van der Waals surface area contributed by atoms with E-state index < -0.39 is 24.2 Å². The normalized spacial score (nSPS) is 13.8. The minimum atomic E-state index is -2.79. The molecule has 0 unspecified atom stereocenters. The molecule has 0 fully saturated rings. The summed E-state index contributed by atoms with van der Waals surface area (Å²) in [6.45, 7) is 4.56. The van der Waals surface area contributed by atoms with Crippen molar-refractivity contribution < 1.29 is 18.6 Å². The van der Waals surface area contributed by atoms with Gasteiger partial charge in [-0.3, -0.25) is 0 Å². The van der Waals surface area contributed by atoms with Crippen molar-refractivity contribution >= 4 is 205 Å². The van der Waals surface area contributed by atoms with Crippen LogP contribution in [0.25, 0.3) is 136 Å². The van der Waals surface area contributed by atoms with Crippen molar-refractivity contribution in [2.75, 3.05) is 0 Å².